The Bertz CT molecular complexity index is 1250. The van der Waals surface area contributed by atoms with Gasteiger partial charge in [-0.25, -0.2) is 15.0 Å². The summed E-state index contributed by atoms with van der Waals surface area (Å²) in [5.74, 6) is 0. The van der Waals surface area contributed by atoms with Crippen LogP contribution in [0.4, 0.5) is 5.69 Å². The first-order valence-electron chi connectivity index (χ1n) is 9.70. The predicted molar refractivity (Wildman–Crippen MR) is 124 cm³/mol. The third kappa shape index (κ3) is 3.78. The summed E-state index contributed by atoms with van der Waals surface area (Å²) in [5.41, 5.74) is 6.47. The normalized spacial score (nSPS) is 12.5. The number of hydrogen-bond donors (Lipinski definition) is 0. The van der Waals surface area contributed by atoms with Crippen LogP contribution < -0.4 is 0 Å². The summed E-state index contributed by atoms with van der Waals surface area (Å²) in [6.45, 7) is 4.21. The zero-order valence-corrected chi connectivity index (χ0v) is 18.3. The quantitative estimate of drug-likeness (QED) is 0.295. The first kappa shape index (κ1) is 19.1. The molecule has 30 heavy (non-hydrogen) atoms. The smallest absolute Gasteiger partial charge is 0.131 e. The molecule has 1 aromatic heterocycles. The molecule has 5 heteroatoms. The molecule has 2 heterocycles. The van der Waals surface area contributed by atoms with Crippen LogP contribution in [-0.4, -0.2) is 15.7 Å². The highest BCUT2D eigenvalue weighted by molar-refractivity contribution is 8.00. The topological polar surface area (TPSA) is 38.1 Å². The molecule has 3 nitrogen and oxygen atoms in total. The van der Waals surface area contributed by atoms with E-state index in [0.717, 1.165) is 42.4 Å². The van der Waals surface area contributed by atoms with E-state index in [1.165, 1.54) is 11.1 Å². The van der Waals surface area contributed by atoms with Crippen LogP contribution in [0.25, 0.3) is 0 Å². The van der Waals surface area contributed by atoms with Crippen molar-refractivity contribution in [3.63, 3.8) is 0 Å². The lowest BCUT2D eigenvalue weighted by Crippen LogP contribution is -2.04. The third-order valence-corrected chi connectivity index (χ3v) is 6.93. The Balaban J connectivity index is 1.69. The van der Waals surface area contributed by atoms with Gasteiger partial charge in [-0.15, -0.1) is 0 Å². The number of aromatic nitrogens is 2. The fourth-order valence-electron chi connectivity index (χ4n) is 3.32. The van der Waals surface area contributed by atoms with Gasteiger partial charge < -0.3 is 0 Å². The molecule has 0 amide bonds. The number of nitrogens with zero attached hydrogens (tertiary/aromatic N) is 3. The second-order valence-electron chi connectivity index (χ2n) is 7.18. The SMILES string of the molecule is Cc1ccc(Sc2ncnc3c2N=C(c2ccccc2)c2cc(C)ccc2S3)cc1. The minimum Gasteiger partial charge on any atom is -0.242 e. The highest BCUT2D eigenvalue weighted by Gasteiger charge is 2.22. The van der Waals surface area contributed by atoms with Gasteiger partial charge >= 0.3 is 0 Å². The molecule has 0 bridgehead atoms. The van der Waals surface area contributed by atoms with E-state index in [1.54, 1.807) is 29.9 Å². The summed E-state index contributed by atoms with van der Waals surface area (Å²) in [6.07, 6.45) is 1.64. The average Bonchev–Trinajstić information content (AvgIpc) is 2.93. The van der Waals surface area contributed by atoms with Crippen molar-refractivity contribution in [2.75, 3.05) is 0 Å². The Labute approximate surface area is 184 Å². The molecule has 0 saturated carbocycles. The van der Waals surface area contributed by atoms with Gasteiger partial charge in [0.15, 0.2) is 0 Å². The van der Waals surface area contributed by atoms with Crippen LogP contribution in [0, 0.1) is 13.8 Å². The molecule has 1 aliphatic rings. The molecular weight excluding hydrogens is 406 g/mol. The molecule has 0 N–H and O–H groups in total. The van der Waals surface area contributed by atoms with Crippen molar-refractivity contribution in [3.8, 4) is 0 Å². The second kappa shape index (κ2) is 8.09. The molecule has 0 spiro atoms. The predicted octanol–water partition coefficient (Wildman–Crippen LogP) is 6.88. The Hall–Kier alpha value is -2.89. The van der Waals surface area contributed by atoms with E-state index in [9.17, 15) is 0 Å². The summed E-state index contributed by atoms with van der Waals surface area (Å²) in [5, 5.41) is 1.75. The molecule has 0 unspecified atom stereocenters. The summed E-state index contributed by atoms with van der Waals surface area (Å²) in [6, 6.07) is 25.3. The first-order chi connectivity index (χ1) is 14.7. The Morgan fingerprint density at radius 3 is 2.37 bits per heavy atom. The second-order valence-corrected chi connectivity index (χ2v) is 9.27. The van der Waals surface area contributed by atoms with Gasteiger partial charge in [0.05, 0.1) is 5.71 Å². The van der Waals surface area contributed by atoms with Gasteiger partial charge in [-0.05, 0) is 38.1 Å². The van der Waals surface area contributed by atoms with Gasteiger partial charge in [0.1, 0.15) is 22.1 Å². The van der Waals surface area contributed by atoms with Crippen LogP contribution in [0.2, 0.25) is 0 Å². The Morgan fingerprint density at radius 2 is 1.57 bits per heavy atom. The monoisotopic (exact) mass is 425 g/mol. The van der Waals surface area contributed by atoms with E-state index < -0.39 is 0 Å². The highest BCUT2D eigenvalue weighted by Crippen LogP contribution is 2.45. The highest BCUT2D eigenvalue weighted by atomic mass is 32.2. The Kier molecular flexibility index (Phi) is 5.15. The van der Waals surface area contributed by atoms with E-state index in [2.05, 4.69) is 90.5 Å². The molecule has 5 rings (SSSR count). The third-order valence-electron chi connectivity index (χ3n) is 4.86. The van der Waals surface area contributed by atoms with Crippen LogP contribution in [0.3, 0.4) is 0 Å². The number of fused-ring (bicyclic) bond motifs is 2. The van der Waals surface area contributed by atoms with Crippen molar-refractivity contribution in [3.05, 3.63) is 101 Å². The molecule has 0 radical (unpaired) electrons. The number of hydrogen-bond acceptors (Lipinski definition) is 5. The van der Waals surface area contributed by atoms with Crippen molar-refractivity contribution in [1.82, 2.24) is 9.97 Å². The van der Waals surface area contributed by atoms with E-state index >= 15 is 0 Å². The number of benzene rings is 3. The summed E-state index contributed by atoms with van der Waals surface area (Å²) < 4.78 is 0. The van der Waals surface area contributed by atoms with Gasteiger partial charge in [0.2, 0.25) is 0 Å². The minimum atomic E-state index is 0.834. The van der Waals surface area contributed by atoms with Gasteiger partial charge in [-0.1, -0.05) is 83.2 Å². The molecule has 4 aromatic rings. The first-order valence-corrected chi connectivity index (χ1v) is 11.3. The van der Waals surface area contributed by atoms with Gasteiger partial charge in [0.25, 0.3) is 0 Å². The van der Waals surface area contributed by atoms with E-state index in [-0.39, 0.29) is 0 Å². The number of aliphatic imine (C=N–C) groups is 1. The van der Waals surface area contributed by atoms with Gasteiger partial charge in [-0.2, -0.15) is 0 Å². The summed E-state index contributed by atoms with van der Waals surface area (Å²) in [7, 11) is 0. The molecule has 0 aliphatic carbocycles. The van der Waals surface area contributed by atoms with Crippen molar-refractivity contribution in [2.24, 2.45) is 4.99 Å². The van der Waals surface area contributed by atoms with Crippen molar-refractivity contribution < 1.29 is 0 Å². The lowest BCUT2D eigenvalue weighted by Gasteiger charge is -2.10. The fourth-order valence-corrected chi connectivity index (χ4v) is 5.17. The average molecular weight is 426 g/mol. The molecule has 3 aromatic carbocycles. The lowest BCUT2D eigenvalue weighted by molar-refractivity contribution is 0.961. The van der Waals surface area contributed by atoms with E-state index in [1.807, 2.05) is 6.07 Å². The molecule has 0 fully saturated rings. The largest absolute Gasteiger partial charge is 0.242 e. The maximum absolute atomic E-state index is 5.16. The van der Waals surface area contributed by atoms with Crippen LogP contribution in [0.15, 0.2) is 104 Å². The lowest BCUT2D eigenvalue weighted by atomic mass is 10.0. The maximum atomic E-state index is 5.16. The van der Waals surface area contributed by atoms with Crippen molar-refractivity contribution in [1.29, 1.82) is 0 Å². The van der Waals surface area contributed by atoms with Gasteiger partial charge in [0, 0.05) is 20.9 Å². The molecule has 0 saturated heterocycles. The minimum absolute atomic E-state index is 0.834. The zero-order chi connectivity index (χ0) is 20.5. The maximum Gasteiger partial charge on any atom is 0.131 e. The zero-order valence-electron chi connectivity index (χ0n) is 16.7. The number of aryl methyl sites for hydroxylation is 2. The van der Waals surface area contributed by atoms with E-state index in [4.69, 9.17) is 4.99 Å². The van der Waals surface area contributed by atoms with Crippen molar-refractivity contribution >= 4 is 34.9 Å². The molecular formula is C25H19N3S2. The number of rotatable bonds is 3. The fraction of sp³-hybridized carbons (Fsp3) is 0.0800. The molecule has 1 aliphatic heterocycles. The Morgan fingerprint density at radius 1 is 0.800 bits per heavy atom. The van der Waals surface area contributed by atoms with Crippen molar-refractivity contribution in [2.45, 2.75) is 33.7 Å². The standard InChI is InChI=1S/C25H19N3S2/c1-16-8-11-19(12-9-16)29-24-23-25(27-15-26-24)30-21-13-10-17(2)14-20(21)22(28-23)18-6-4-3-5-7-18/h3-15H,1-2H3. The molecule has 0 atom stereocenters. The van der Waals surface area contributed by atoms with E-state index in [0.29, 0.717) is 0 Å². The molecule has 146 valence electrons. The van der Waals surface area contributed by atoms with Crippen LogP contribution in [0.5, 0.6) is 0 Å². The van der Waals surface area contributed by atoms with Crippen LogP contribution in [-0.2, 0) is 0 Å². The van der Waals surface area contributed by atoms with Gasteiger partial charge in [-0.3, -0.25) is 0 Å². The van der Waals surface area contributed by atoms with Crippen LogP contribution in [0.1, 0.15) is 22.3 Å². The summed E-state index contributed by atoms with van der Waals surface area (Å²) >= 11 is 3.29. The van der Waals surface area contributed by atoms with Crippen LogP contribution >= 0.6 is 23.5 Å². The summed E-state index contributed by atoms with van der Waals surface area (Å²) in [4.78, 5) is 16.6.